The third-order valence-corrected chi connectivity index (χ3v) is 3.97. The second-order valence-corrected chi connectivity index (χ2v) is 5.44. The van der Waals surface area contributed by atoms with Gasteiger partial charge in [0.15, 0.2) is 0 Å². The molecule has 0 saturated carbocycles. The number of rotatable bonds is 4. The number of nitrogens with one attached hydrogen (secondary N) is 1. The van der Waals surface area contributed by atoms with E-state index in [2.05, 4.69) is 5.32 Å². The molecule has 0 fully saturated rings. The molecule has 1 amide bonds. The number of nitrogens with two attached hydrogens (primary N) is 1. The number of thiophene rings is 1. The lowest BCUT2D eigenvalue weighted by Gasteiger charge is -2.13. The quantitative estimate of drug-likeness (QED) is 0.845. The highest BCUT2D eigenvalue weighted by Gasteiger charge is 2.19. The van der Waals surface area contributed by atoms with Crippen LogP contribution in [0.2, 0.25) is 0 Å². The van der Waals surface area contributed by atoms with E-state index in [1.807, 2.05) is 36.6 Å². The van der Waals surface area contributed by atoms with Crippen LogP contribution in [-0.2, 0) is 4.79 Å². The molecular formula is C13H14N2OS2. The Labute approximate surface area is 115 Å². The van der Waals surface area contributed by atoms with E-state index in [0.717, 1.165) is 11.1 Å². The molecule has 2 rings (SSSR count). The number of hydrogen-bond acceptors (Lipinski definition) is 3. The van der Waals surface area contributed by atoms with Gasteiger partial charge >= 0.3 is 0 Å². The average molecular weight is 278 g/mol. The second kappa shape index (κ2) is 5.46. The number of hydrogen-bond donors (Lipinski definition) is 2. The summed E-state index contributed by atoms with van der Waals surface area (Å²) in [5.41, 5.74) is 6.33. The summed E-state index contributed by atoms with van der Waals surface area (Å²) in [6.45, 7) is 1.89. The van der Waals surface area contributed by atoms with Gasteiger partial charge in [0.05, 0.1) is 10.9 Å². The van der Waals surface area contributed by atoms with Crippen LogP contribution in [0, 0.1) is 5.92 Å². The number of fused-ring (bicyclic) bond motifs is 1. The highest BCUT2D eigenvalue weighted by Crippen LogP contribution is 2.24. The van der Waals surface area contributed by atoms with Gasteiger partial charge in [-0.2, -0.15) is 0 Å². The highest BCUT2D eigenvalue weighted by atomic mass is 32.1. The van der Waals surface area contributed by atoms with Crippen LogP contribution in [0.1, 0.15) is 13.3 Å². The Bertz CT molecular complexity index is 591. The fourth-order valence-electron chi connectivity index (χ4n) is 1.79. The van der Waals surface area contributed by atoms with Crippen molar-refractivity contribution in [2.75, 3.05) is 5.32 Å². The largest absolute Gasteiger partial charge is 0.393 e. The summed E-state index contributed by atoms with van der Waals surface area (Å²) in [4.78, 5) is 12.2. The number of benzene rings is 1. The molecule has 18 heavy (non-hydrogen) atoms. The van der Waals surface area contributed by atoms with Crippen LogP contribution in [-0.4, -0.2) is 10.9 Å². The molecule has 2 aromatic rings. The minimum absolute atomic E-state index is 0.139. The van der Waals surface area contributed by atoms with E-state index in [-0.39, 0.29) is 10.9 Å². The van der Waals surface area contributed by atoms with Gasteiger partial charge in [-0.25, -0.2) is 0 Å². The van der Waals surface area contributed by atoms with Crippen molar-refractivity contribution in [3.8, 4) is 0 Å². The van der Waals surface area contributed by atoms with Crippen molar-refractivity contribution < 1.29 is 4.79 Å². The molecule has 0 aliphatic carbocycles. The second-order valence-electron chi connectivity index (χ2n) is 4.03. The Hall–Kier alpha value is -1.46. The van der Waals surface area contributed by atoms with Gasteiger partial charge < -0.3 is 11.1 Å². The monoisotopic (exact) mass is 278 g/mol. The van der Waals surface area contributed by atoms with Crippen LogP contribution in [0.4, 0.5) is 5.69 Å². The van der Waals surface area contributed by atoms with Crippen molar-refractivity contribution in [3.63, 3.8) is 0 Å². The number of carbonyl (C=O) groups excluding carboxylic acids is 1. The smallest absolute Gasteiger partial charge is 0.234 e. The maximum absolute atomic E-state index is 12.0. The number of thiocarbonyl (C=S) groups is 1. The normalized spacial score (nSPS) is 12.3. The Balaban J connectivity index is 2.17. The standard InChI is InChI=1S/C13H14N2OS2/c1-2-10(12(14)17)13(16)15-9-3-4-11-8(7-9)5-6-18-11/h3-7,10H,2H2,1H3,(H2,14,17)(H,15,16). The summed E-state index contributed by atoms with van der Waals surface area (Å²) < 4.78 is 1.20. The number of carbonyl (C=O) groups is 1. The molecule has 0 aliphatic heterocycles. The first-order chi connectivity index (χ1) is 8.61. The zero-order valence-electron chi connectivity index (χ0n) is 9.97. The SMILES string of the molecule is CCC(C(=O)Nc1ccc2sccc2c1)C(N)=S. The molecule has 1 aromatic carbocycles. The predicted octanol–water partition coefficient (Wildman–Crippen LogP) is 3.15. The van der Waals surface area contributed by atoms with Crippen molar-refractivity contribution in [1.82, 2.24) is 0 Å². The molecule has 1 aromatic heterocycles. The third kappa shape index (κ3) is 2.68. The van der Waals surface area contributed by atoms with Gasteiger partial charge in [0.1, 0.15) is 0 Å². The lowest BCUT2D eigenvalue weighted by Crippen LogP contribution is -2.32. The fourth-order valence-corrected chi connectivity index (χ4v) is 2.83. The minimum atomic E-state index is -0.404. The third-order valence-electron chi connectivity index (χ3n) is 2.79. The summed E-state index contributed by atoms with van der Waals surface area (Å²) in [5, 5.41) is 6.01. The first-order valence-electron chi connectivity index (χ1n) is 5.69. The van der Waals surface area contributed by atoms with Gasteiger partial charge in [0.2, 0.25) is 5.91 Å². The summed E-state index contributed by atoms with van der Waals surface area (Å²) in [5.74, 6) is -0.544. The lowest BCUT2D eigenvalue weighted by atomic mass is 10.1. The van der Waals surface area contributed by atoms with Crippen LogP contribution in [0.5, 0.6) is 0 Å². The predicted molar refractivity (Wildman–Crippen MR) is 81.0 cm³/mol. The number of amides is 1. The van der Waals surface area contributed by atoms with Crippen LogP contribution >= 0.6 is 23.6 Å². The summed E-state index contributed by atoms with van der Waals surface area (Å²) in [6, 6.07) is 7.87. The molecule has 3 nitrogen and oxygen atoms in total. The van der Waals surface area contributed by atoms with Crippen molar-refractivity contribution >= 4 is 50.2 Å². The Morgan fingerprint density at radius 1 is 1.50 bits per heavy atom. The van der Waals surface area contributed by atoms with Crippen molar-refractivity contribution in [1.29, 1.82) is 0 Å². The topological polar surface area (TPSA) is 55.1 Å². The summed E-state index contributed by atoms with van der Waals surface area (Å²) in [6.07, 6.45) is 0.613. The van der Waals surface area contributed by atoms with Gasteiger partial charge in [0.25, 0.3) is 0 Å². The first kappa shape index (κ1) is 13.0. The van der Waals surface area contributed by atoms with E-state index < -0.39 is 5.92 Å². The van der Waals surface area contributed by atoms with Crippen LogP contribution in [0.15, 0.2) is 29.6 Å². The molecule has 0 aliphatic rings. The molecule has 0 radical (unpaired) electrons. The molecule has 0 spiro atoms. The van der Waals surface area contributed by atoms with Crippen LogP contribution in [0.3, 0.4) is 0 Å². The van der Waals surface area contributed by atoms with Crippen LogP contribution < -0.4 is 11.1 Å². The molecule has 1 unspecified atom stereocenters. The van der Waals surface area contributed by atoms with Gasteiger partial charge in [0, 0.05) is 10.4 Å². The van der Waals surface area contributed by atoms with Crippen LogP contribution in [0.25, 0.3) is 10.1 Å². The van der Waals surface area contributed by atoms with Gasteiger partial charge in [-0.1, -0.05) is 19.1 Å². The van der Waals surface area contributed by atoms with E-state index in [1.165, 1.54) is 4.70 Å². The Morgan fingerprint density at radius 2 is 2.28 bits per heavy atom. The van der Waals surface area contributed by atoms with Gasteiger partial charge in [-0.15, -0.1) is 11.3 Å². The molecule has 94 valence electrons. The highest BCUT2D eigenvalue weighted by molar-refractivity contribution is 7.80. The maximum Gasteiger partial charge on any atom is 0.234 e. The molecule has 1 heterocycles. The van der Waals surface area contributed by atoms with E-state index in [1.54, 1.807) is 11.3 Å². The first-order valence-corrected chi connectivity index (χ1v) is 6.98. The van der Waals surface area contributed by atoms with E-state index >= 15 is 0 Å². The Kier molecular flexibility index (Phi) is 3.93. The summed E-state index contributed by atoms with van der Waals surface area (Å²) >= 11 is 6.57. The van der Waals surface area contributed by atoms with Gasteiger partial charge in [-0.3, -0.25) is 4.79 Å². The zero-order chi connectivity index (χ0) is 13.1. The molecular weight excluding hydrogens is 264 g/mol. The molecule has 3 N–H and O–H groups in total. The number of anilines is 1. The van der Waals surface area contributed by atoms with Crippen molar-refractivity contribution in [3.05, 3.63) is 29.6 Å². The molecule has 0 saturated heterocycles. The van der Waals surface area contributed by atoms with Gasteiger partial charge in [-0.05, 0) is 41.5 Å². The lowest BCUT2D eigenvalue weighted by molar-refractivity contribution is -0.118. The van der Waals surface area contributed by atoms with E-state index in [9.17, 15) is 4.79 Å². The van der Waals surface area contributed by atoms with Crippen molar-refractivity contribution in [2.45, 2.75) is 13.3 Å². The van der Waals surface area contributed by atoms with E-state index in [0.29, 0.717) is 6.42 Å². The zero-order valence-corrected chi connectivity index (χ0v) is 11.6. The van der Waals surface area contributed by atoms with E-state index in [4.69, 9.17) is 18.0 Å². The molecule has 1 atom stereocenters. The Morgan fingerprint density at radius 3 is 2.94 bits per heavy atom. The van der Waals surface area contributed by atoms with Crippen molar-refractivity contribution in [2.24, 2.45) is 11.7 Å². The minimum Gasteiger partial charge on any atom is -0.393 e. The average Bonchev–Trinajstić information content (AvgIpc) is 2.76. The molecule has 5 heteroatoms. The summed E-state index contributed by atoms with van der Waals surface area (Å²) in [7, 11) is 0. The fraction of sp³-hybridized carbons (Fsp3) is 0.231. The maximum atomic E-state index is 12.0. The molecule has 0 bridgehead atoms.